The van der Waals surface area contributed by atoms with Gasteiger partial charge in [0.05, 0.1) is 24.6 Å². The van der Waals surface area contributed by atoms with Gasteiger partial charge in [-0.3, -0.25) is 4.90 Å². The maximum Gasteiger partial charge on any atom is 0.164 e. The average Bonchev–Trinajstić information content (AvgIpc) is 3.57. The molecule has 0 saturated carbocycles. The Morgan fingerprint density at radius 1 is 0.951 bits per heavy atom. The van der Waals surface area contributed by atoms with Crippen LogP contribution in [-0.2, 0) is 24.4 Å². The fourth-order valence-electron chi connectivity index (χ4n) is 5.72. The van der Waals surface area contributed by atoms with Crippen molar-refractivity contribution >= 4 is 39.4 Å². The Kier molecular flexibility index (Phi) is 6.88. The number of aromatic nitrogens is 5. The van der Waals surface area contributed by atoms with Gasteiger partial charge in [0.2, 0.25) is 0 Å². The highest BCUT2D eigenvalue weighted by molar-refractivity contribution is 6.31. The smallest absolute Gasteiger partial charge is 0.164 e. The predicted molar refractivity (Wildman–Crippen MR) is 163 cm³/mol. The summed E-state index contributed by atoms with van der Waals surface area (Å²) in [4.78, 5) is 11.3. The van der Waals surface area contributed by atoms with Crippen LogP contribution in [0.3, 0.4) is 0 Å². The van der Waals surface area contributed by atoms with Crippen molar-refractivity contribution in [2.75, 3.05) is 25.4 Å². The SMILES string of the molecule is Nc1ncnc2c1c(-c1ccc3c(ccn3Cc3ccccc3Cl)c1)nn2CC1CN(Cc2ccccc2)CCO1. The number of benzene rings is 3. The third-order valence-corrected chi connectivity index (χ3v) is 8.12. The van der Waals surface area contributed by atoms with Gasteiger partial charge in [0.15, 0.2) is 5.65 Å². The lowest BCUT2D eigenvalue weighted by Gasteiger charge is -2.33. The molecule has 4 heterocycles. The topological polar surface area (TPSA) is 87.0 Å². The maximum atomic E-state index is 6.43. The van der Waals surface area contributed by atoms with Gasteiger partial charge in [-0.2, -0.15) is 5.10 Å². The zero-order valence-corrected chi connectivity index (χ0v) is 23.3. The summed E-state index contributed by atoms with van der Waals surface area (Å²) in [7, 11) is 0. The van der Waals surface area contributed by atoms with Crippen LogP contribution in [0.4, 0.5) is 5.82 Å². The quantitative estimate of drug-likeness (QED) is 0.271. The maximum absolute atomic E-state index is 6.43. The standard InChI is InChI=1S/C32H30ClN7O/c33-27-9-5-4-8-25(27)18-39-13-12-23-16-24(10-11-28(23)39)30-29-31(34)35-21-36-32(29)40(37-30)20-26-19-38(14-15-41-26)17-22-6-2-1-3-7-22/h1-13,16,21,26H,14-15,17-20H2,(H2,34,35,36). The van der Waals surface area contributed by atoms with Crippen LogP contribution in [-0.4, -0.2) is 55.0 Å². The van der Waals surface area contributed by atoms with Crippen molar-refractivity contribution in [3.8, 4) is 11.3 Å². The molecule has 0 amide bonds. The molecule has 0 bridgehead atoms. The van der Waals surface area contributed by atoms with Crippen LogP contribution in [0.5, 0.6) is 0 Å². The molecule has 1 aliphatic rings. The molecular weight excluding hydrogens is 534 g/mol. The van der Waals surface area contributed by atoms with Crippen molar-refractivity contribution in [1.82, 2.24) is 29.2 Å². The largest absolute Gasteiger partial charge is 0.383 e. The Balaban J connectivity index is 1.17. The lowest BCUT2D eigenvalue weighted by molar-refractivity contribution is -0.0397. The Morgan fingerprint density at radius 2 is 1.80 bits per heavy atom. The van der Waals surface area contributed by atoms with E-state index in [4.69, 9.17) is 27.2 Å². The van der Waals surface area contributed by atoms with Crippen LogP contribution in [0.25, 0.3) is 33.2 Å². The van der Waals surface area contributed by atoms with Crippen molar-refractivity contribution < 1.29 is 4.74 Å². The fourth-order valence-corrected chi connectivity index (χ4v) is 5.92. The summed E-state index contributed by atoms with van der Waals surface area (Å²) in [5.41, 5.74) is 12.4. The van der Waals surface area contributed by atoms with E-state index in [9.17, 15) is 0 Å². The Labute approximate surface area is 242 Å². The molecule has 7 rings (SSSR count). The first-order chi connectivity index (χ1) is 20.1. The second kappa shape index (κ2) is 11.0. The Hall–Kier alpha value is -4.24. The van der Waals surface area contributed by atoms with Crippen molar-refractivity contribution in [3.05, 3.63) is 108 Å². The van der Waals surface area contributed by atoms with E-state index in [0.717, 1.165) is 57.8 Å². The summed E-state index contributed by atoms with van der Waals surface area (Å²) in [6, 6.07) is 27.0. The molecule has 8 nitrogen and oxygen atoms in total. The second-order valence-corrected chi connectivity index (χ2v) is 10.9. The number of halogens is 1. The molecule has 1 saturated heterocycles. The minimum atomic E-state index is -0.0130. The van der Waals surface area contributed by atoms with E-state index in [1.165, 1.54) is 11.9 Å². The number of nitrogens with zero attached hydrogens (tertiary/aromatic N) is 6. The molecule has 3 aromatic heterocycles. The molecule has 1 aliphatic heterocycles. The lowest BCUT2D eigenvalue weighted by atomic mass is 10.1. The molecule has 6 aromatic rings. The number of hydrogen-bond acceptors (Lipinski definition) is 6. The van der Waals surface area contributed by atoms with Crippen LogP contribution in [0.2, 0.25) is 5.02 Å². The van der Waals surface area contributed by atoms with Crippen LogP contribution in [0, 0.1) is 0 Å². The van der Waals surface area contributed by atoms with E-state index >= 15 is 0 Å². The van der Waals surface area contributed by atoms with Gasteiger partial charge in [0.25, 0.3) is 0 Å². The average molecular weight is 564 g/mol. The number of rotatable bonds is 7. The van der Waals surface area contributed by atoms with Crippen molar-refractivity contribution in [2.45, 2.75) is 25.7 Å². The first-order valence-electron chi connectivity index (χ1n) is 13.8. The van der Waals surface area contributed by atoms with E-state index in [-0.39, 0.29) is 6.10 Å². The zero-order valence-electron chi connectivity index (χ0n) is 22.5. The third kappa shape index (κ3) is 5.17. The minimum Gasteiger partial charge on any atom is -0.383 e. The highest BCUT2D eigenvalue weighted by atomic mass is 35.5. The number of anilines is 1. The van der Waals surface area contributed by atoms with Gasteiger partial charge in [0, 0.05) is 53.9 Å². The molecule has 2 N–H and O–H groups in total. The van der Waals surface area contributed by atoms with Crippen LogP contribution in [0.15, 0.2) is 91.4 Å². The third-order valence-electron chi connectivity index (χ3n) is 7.75. The summed E-state index contributed by atoms with van der Waals surface area (Å²) in [6.07, 6.45) is 3.58. The molecule has 1 unspecified atom stereocenters. The van der Waals surface area contributed by atoms with Crippen LogP contribution < -0.4 is 5.73 Å². The number of morpholine rings is 1. The summed E-state index contributed by atoms with van der Waals surface area (Å²) in [6.45, 7) is 4.58. The van der Waals surface area contributed by atoms with E-state index < -0.39 is 0 Å². The van der Waals surface area contributed by atoms with Gasteiger partial charge >= 0.3 is 0 Å². The van der Waals surface area contributed by atoms with Gasteiger partial charge in [-0.05, 0) is 35.4 Å². The minimum absolute atomic E-state index is 0.0130. The molecular formula is C32H30ClN7O. The van der Waals surface area contributed by atoms with Crippen LogP contribution in [0.1, 0.15) is 11.1 Å². The summed E-state index contributed by atoms with van der Waals surface area (Å²) in [5, 5.41) is 7.67. The number of nitrogens with two attached hydrogens (primary N) is 1. The van der Waals surface area contributed by atoms with E-state index in [0.29, 0.717) is 31.2 Å². The van der Waals surface area contributed by atoms with Gasteiger partial charge in [-0.1, -0.05) is 66.2 Å². The Morgan fingerprint density at radius 3 is 2.68 bits per heavy atom. The van der Waals surface area contributed by atoms with E-state index in [1.807, 2.05) is 28.9 Å². The van der Waals surface area contributed by atoms with Gasteiger partial charge in [0.1, 0.15) is 17.8 Å². The fraction of sp³-hybridized carbons (Fsp3) is 0.219. The van der Waals surface area contributed by atoms with Crippen molar-refractivity contribution in [2.24, 2.45) is 0 Å². The summed E-state index contributed by atoms with van der Waals surface area (Å²) < 4.78 is 10.3. The zero-order chi connectivity index (χ0) is 27.8. The second-order valence-electron chi connectivity index (χ2n) is 10.5. The molecule has 9 heteroatoms. The number of hydrogen-bond donors (Lipinski definition) is 1. The number of nitrogen functional groups attached to an aromatic ring is 1. The Bertz CT molecular complexity index is 1830. The number of ether oxygens (including phenoxy) is 1. The van der Waals surface area contributed by atoms with Gasteiger partial charge in [-0.15, -0.1) is 0 Å². The molecule has 3 aromatic carbocycles. The first-order valence-corrected chi connectivity index (χ1v) is 14.2. The van der Waals surface area contributed by atoms with E-state index in [1.54, 1.807) is 0 Å². The highest BCUT2D eigenvalue weighted by Crippen LogP contribution is 2.33. The highest BCUT2D eigenvalue weighted by Gasteiger charge is 2.24. The molecule has 206 valence electrons. The van der Waals surface area contributed by atoms with Crippen molar-refractivity contribution in [3.63, 3.8) is 0 Å². The summed E-state index contributed by atoms with van der Waals surface area (Å²) >= 11 is 6.43. The normalized spacial score (nSPS) is 16.1. The molecule has 41 heavy (non-hydrogen) atoms. The molecule has 1 atom stereocenters. The van der Waals surface area contributed by atoms with Crippen molar-refractivity contribution in [1.29, 1.82) is 0 Å². The van der Waals surface area contributed by atoms with E-state index in [2.05, 4.69) is 80.2 Å². The molecule has 0 radical (unpaired) electrons. The molecule has 1 fully saturated rings. The molecule has 0 spiro atoms. The predicted octanol–water partition coefficient (Wildman–Crippen LogP) is 5.63. The number of fused-ring (bicyclic) bond motifs is 2. The monoisotopic (exact) mass is 563 g/mol. The summed E-state index contributed by atoms with van der Waals surface area (Å²) in [5.74, 6) is 0.419. The first kappa shape index (κ1) is 25.7. The molecule has 0 aliphatic carbocycles. The van der Waals surface area contributed by atoms with Crippen LogP contribution >= 0.6 is 11.6 Å². The lowest BCUT2D eigenvalue weighted by Crippen LogP contribution is -2.43. The van der Waals surface area contributed by atoms with Gasteiger partial charge < -0.3 is 15.0 Å². The van der Waals surface area contributed by atoms with Gasteiger partial charge in [-0.25, -0.2) is 14.6 Å².